The van der Waals surface area contributed by atoms with Crippen LogP contribution in [0.1, 0.15) is 18.4 Å². The Morgan fingerprint density at radius 1 is 1.43 bits per heavy atom. The average molecular weight is 290 g/mol. The fraction of sp³-hybridized carbons (Fsp3) is 0.562. The second-order valence-electron chi connectivity index (χ2n) is 5.43. The summed E-state index contributed by atoms with van der Waals surface area (Å²) in [4.78, 5) is 6.68. The second kappa shape index (κ2) is 7.88. The molecule has 1 fully saturated rings. The normalized spacial score (nSPS) is 19.6. The van der Waals surface area contributed by atoms with E-state index >= 15 is 0 Å². The van der Waals surface area contributed by atoms with Crippen LogP contribution in [-0.4, -0.2) is 51.2 Å². The largest absolute Gasteiger partial charge is 0.497 e. The van der Waals surface area contributed by atoms with E-state index in [1.165, 1.54) is 24.9 Å². The zero-order valence-electron chi connectivity index (χ0n) is 13.2. The summed E-state index contributed by atoms with van der Waals surface area (Å²) in [6.45, 7) is 2.87. The van der Waals surface area contributed by atoms with E-state index in [4.69, 9.17) is 4.74 Å². The van der Waals surface area contributed by atoms with Crippen molar-refractivity contribution in [1.29, 1.82) is 0 Å². The van der Waals surface area contributed by atoms with Crippen LogP contribution in [0.5, 0.6) is 5.75 Å². The van der Waals surface area contributed by atoms with Crippen LogP contribution in [0.25, 0.3) is 0 Å². The van der Waals surface area contributed by atoms with Gasteiger partial charge in [-0.05, 0) is 44.1 Å². The number of guanidine groups is 1. The number of aliphatic imine (C=N–C) groups is 1. The number of nitrogens with zero attached hydrogens (tertiary/aromatic N) is 2. The SMILES string of the molecule is CN=C(NCc1cccc(OC)c1)NCC1CCCN1C. The van der Waals surface area contributed by atoms with E-state index in [0.717, 1.165) is 24.8 Å². The fourth-order valence-corrected chi connectivity index (χ4v) is 2.64. The van der Waals surface area contributed by atoms with Crippen LogP contribution in [0.15, 0.2) is 29.3 Å². The minimum absolute atomic E-state index is 0.611. The van der Waals surface area contributed by atoms with Crippen LogP contribution in [0.3, 0.4) is 0 Å². The van der Waals surface area contributed by atoms with Crippen molar-refractivity contribution >= 4 is 5.96 Å². The molecule has 1 heterocycles. The van der Waals surface area contributed by atoms with Crippen molar-refractivity contribution in [2.45, 2.75) is 25.4 Å². The third-order valence-electron chi connectivity index (χ3n) is 3.99. The Labute approximate surface area is 127 Å². The van der Waals surface area contributed by atoms with Crippen LogP contribution in [0.4, 0.5) is 0 Å². The van der Waals surface area contributed by atoms with Gasteiger partial charge in [0.2, 0.25) is 0 Å². The predicted molar refractivity (Wildman–Crippen MR) is 86.8 cm³/mol. The highest BCUT2D eigenvalue weighted by molar-refractivity contribution is 5.79. The first kappa shape index (κ1) is 15.6. The first-order chi connectivity index (χ1) is 10.2. The molecule has 1 saturated heterocycles. The van der Waals surface area contributed by atoms with Crippen LogP contribution >= 0.6 is 0 Å². The summed E-state index contributed by atoms with van der Waals surface area (Å²) in [6.07, 6.45) is 2.55. The molecule has 0 saturated carbocycles. The Bertz CT molecular complexity index is 475. The zero-order valence-corrected chi connectivity index (χ0v) is 13.2. The van der Waals surface area contributed by atoms with Crippen LogP contribution in [0, 0.1) is 0 Å². The van der Waals surface area contributed by atoms with Gasteiger partial charge < -0.3 is 20.3 Å². The molecule has 5 nitrogen and oxygen atoms in total. The van der Waals surface area contributed by atoms with E-state index in [2.05, 4.69) is 33.6 Å². The van der Waals surface area contributed by atoms with Gasteiger partial charge in [0.05, 0.1) is 7.11 Å². The Balaban J connectivity index is 1.79. The van der Waals surface area contributed by atoms with Gasteiger partial charge in [-0.25, -0.2) is 0 Å². The Morgan fingerprint density at radius 3 is 2.95 bits per heavy atom. The highest BCUT2D eigenvalue weighted by Gasteiger charge is 2.20. The van der Waals surface area contributed by atoms with Gasteiger partial charge in [0.25, 0.3) is 0 Å². The Kier molecular flexibility index (Phi) is 5.87. The van der Waals surface area contributed by atoms with Crippen molar-refractivity contribution in [2.24, 2.45) is 4.99 Å². The molecule has 21 heavy (non-hydrogen) atoms. The van der Waals surface area contributed by atoms with Crippen LogP contribution in [0.2, 0.25) is 0 Å². The van der Waals surface area contributed by atoms with Gasteiger partial charge >= 0.3 is 0 Å². The quantitative estimate of drug-likeness (QED) is 0.637. The molecule has 1 aliphatic rings. The maximum Gasteiger partial charge on any atom is 0.191 e. The number of likely N-dealkylation sites (tertiary alicyclic amines) is 1. The summed E-state index contributed by atoms with van der Waals surface area (Å²) >= 11 is 0. The highest BCUT2D eigenvalue weighted by atomic mass is 16.5. The minimum Gasteiger partial charge on any atom is -0.497 e. The predicted octanol–water partition coefficient (Wildman–Crippen LogP) is 1.45. The molecule has 0 bridgehead atoms. The van der Waals surface area contributed by atoms with Gasteiger partial charge in [-0.3, -0.25) is 4.99 Å². The monoisotopic (exact) mass is 290 g/mol. The molecule has 0 radical (unpaired) electrons. The lowest BCUT2D eigenvalue weighted by Gasteiger charge is -2.21. The van der Waals surface area contributed by atoms with E-state index < -0.39 is 0 Å². The van der Waals surface area contributed by atoms with Crippen LogP contribution in [-0.2, 0) is 6.54 Å². The minimum atomic E-state index is 0.611. The van der Waals surface area contributed by atoms with Gasteiger partial charge in [-0.1, -0.05) is 12.1 Å². The smallest absolute Gasteiger partial charge is 0.191 e. The lowest BCUT2D eigenvalue weighted by molar-refractivity contribution is 0.309. The molecule has 0 spiro atoms. The molecule has 5 heteroatoms. The molecule has 1 atom stereocenters. The summed E-state index contributed by atoms with van der Waals surface area (Å²) in [6, 6.07) is 8.67. The van der Waals surface area contributed by atoms with Gasteiger partial charge in [0.15, 0.2) is 5.96 Å². The number of likely N-dealkylation sites (N-methyl/N-ethyl adjacent to an activating group) is 1. The summed E-state index contributed by atoms with van der Waals surface area (Å²) in [5.74, 6) is 1.72. The van der Waals surface area contributed by atoms with Crippen molar-refractivity contribution in [1.82, 2.24) is 15.5 Å². The number of rotatable bonds is 5. The second-order valence-corrected chi connectivity index (χ2v) is 5.43. The van der Waals surface area contributed by atoms with Gasteiger partial charge in [-0.15, -0.1) is 0 Å². The highest BCUT2D eigenvalue weighted by Crippen LogP contribution is 2.13. The van der Waals surface area contributed by atoms with Crippen molar-refractivity contribution in [3.8, 4) is 5.75 Å². The molecule has 0 aliphatic carbocycles. The van der Waals surface area contributed by atoms with E-state index in [-0.39, 0.29) is 0 Å². The van der Waals surface area contributed by atoms with Crippen LogP contribution < -0.4 is 15.4 Å². The van der Waals surface area contributed by atoms with E-state index in [0.29, 0.717) is 6.04 Å². The molecule has 1 aliphatic heterocycles. The van der Waals surface area contributed by atoms with Gasteiger partial charge in [0.1, 0.15) is 5.75 Å². The number of hydrogen-bond acceptors (Lipinski definition) is 3. The first-order valence-corrected chi connectivity index (χ1v) is 7.50. The van der Waals surface area contributed by atoms with Crippen molar-refractivity contribution in [3.63, 3.8) is 0 Å². The lowest BCUT2D eigenvalue weighted by atomic mass is 10.2. The molecule has 116 valence electrons. The van der Waals surface area contributed by atoms with E-state index in [9.17, 15) is 0 Å². The number of methoxy groups -OCH3 is 1. The maximum atomic E-state index is 5.24. The van der Waals surface area contributed by atoms with Gasteiger partial charge in [0, 0.05) is 26.2 Å². The molecule has 1 aromatic rings. The first-order valence-electron chi connectivity index (χ1n) is 7.50. The van der Waals surface area contributed by atoms with E-state index in [1.54, 1.807) is 14.2 Å². The molecule has 1 unspecified atom stereocenters. The Morgan fingerprint density at radius 2 is 2.29 bits per heavy atom. The van der Waals surface area contributed by atoms with E-state index in [1.807, 2.05) is 18.2 Å². The molecule has 2 N–H and O–H groups in total. The standard InChI is InChI=1S/C16H26N4O/c1-17-16(19-12-14-7-5-9-20(14)2)18-11-13-6-4-8-15(10-13)21-3/h4,6,8,10,14H,5,7,9,11-12H2,1-3H3,(H2,17,18,19). The summed E-state index contributed by atoms with van der Waals surface area (Å²) in [5.41, 5.74) is 1.18. The number of hydrogen-bond donors (Lipinski definition) is 2. The zero-order chi connectivity index (χ0) is 15.1. The summed E-state index contributed by atoms with van der Waals surface area (Å²) in [7, 11) is 5.68. The number of benzene rings is 1. The molecule has 0 amide bonds. The fourth-order valence-electron chi connectivity index (χ4n) is 2.64. The van der Waals surface area contributed by atoms with Gasteiger partial charge in [-0.2, -0.15) is 0 Å². The van der Waals surface area contributed by atoms with Crippen molar-refractivity contribution < 1.29 is 4.74 Å². The Hall–Kier alpha value is -1.75. The molecular weight excluding hydrogens is 264 g/mol. The van der Waals surface area contributed by atoms with Crippen molar-refractivity contribution in [3.05, 3.63) is 29.8 Å². The lowest BCUT2D eigenvalue weighted by Crippen LogP contribution is -2.43. The number of nitrogens with one attached hydrogen (secondary N) is 2. The molecule has 1 aromatic carbocycles. The summed E-state index contributed by atoms with van der Waals surface area (Å²) < 4.78 is 5.24. The molecular formula is C16H26N4O. The topological polar surface area (TPSA) is 48.9 Å². The van der Waals surface area contributed by atoms with Crippen molar-refractivity contribution in [2.75, 3.05) is 34.3 Å². The molecule has 0 aromatic heterocycles. The molecule has 2 rings (SSSR count). The maximum absolute atomic E-state index is 5.24. The third-order valence-corrected chi connectivity index (χ3v) is 3.99. The summed E-state index contributed by atoms with van der Waals surface area (Å²) in [5, 5.41) is 6.75. The average Bonchev–Trinajstić information content (AvgIpc) is 2.93. The third kappa shape index (κ3) is 4.63. The number of ether oxygens (including phenoxy) is 1.